The summed E-state index contributed by atoms with van der Waals surface area (Å²) >= 11 is 1.49. The summed E-state index contributed by atoms with van der Waals surface area (Å²) < 4.78 is 16.1. The summed E-state index contributed by atoms with van der Waals surface area (Å²) in [6, 6.07) is 13.9. The minimum absolute atomic E-state index is 0.338. The topological polar surface area (TPSA) is 46.4 Å². The zero-order valence-corrected chi connectivity index (χ0v) is 13.2. The Labute approximate surface area is 136 Å². The van der Waals surface area contributed by atoms with Crippen LogP contribution in [0.2, 0.25) is 0 Å². The first-order valence-corrected chi connectivity index (χ1v) is 7.77. The molecule has 1 heterocycles. The standard InChI is InChI=1S/C17H14FN3OS/c1-21-14-7-2-3-8-15(14)23-17(21)20-19-16(22)10-9-12-5-4-6-13(18)11-12/h2-11H,1H3,(H,19,22). The van der Waals surface area contributed by atoms with Crippen molar-refractivity contribution in [1.29, 1.82) is 0 Å². The Bertz CT molecular complexity index is 956. The minimum Gasteiger partial charge on any atom is -0.318 e. The van der Waals surface area contributed by atoms with Gasteiger partial charge >= 0.3 is 0 Å². The van der Waals surface area contributed by atoms with Crippen molar-refractivity contribution < 1.29 is 9.18 Å². The normalized spacial score (nSPS) is 12.2. The molecule has 3 aromatic rings. The summed E-state index contributed by atoms with van der Waals surface area (Å²) in [7, 11) is 1.90. The van der Waals surface area contributed by atoms with Crippen molar-refractivity contribution >= 4 is 33.5 Å². The van der Waals surface area contributed by atoms with Crippen molar-refractivity contribution in [2.45, 2.75) is 0 Å². The number of aromatic nitrogens is 1. The second kappa shape index (κ2) is 6.58. The summed E-state index contributed by atoms with van der Waals surface area (Å²) in [4.78, 5) is 12.5. The van der Waals surface area contributed by atoms with Gasteiger partial charge in [0.1, 0.15) is 5.82 Å². The van der Waals surface area contributed by atoms with Crippen LogP contribution in [0.3, 0.4) is 0 Å². The first-order chi connectivity index (χ1) is 11.1. The van der Waals surface area contributed by atoms with Crippen LogP contribution in [0, 0.1) is 5.82 Å². The third-order valence-electron chi connectivity index (χ3n) is 3.25. The SMILES string of the molecule is Cn1c(=NNC(=O)C=Cc2cccc(F)c2)sc2ccccc21. The molecule has 4 nitrogen and oxygen atoms in total. The molecule has 116 valence electrons. The van der Waals surface area contributed by atoms with Crippen molar-refractivity contribution in [3.8, 4) is 0 Å². The van der Waals surface area contributed by atoms with Gasteiger partial charge in [-0.15, -0.1) is 5.10 Å². The molecule has 23 heavy (non-hydrogen) atoms. The zero-order chi connectivity index (χ0) is 16.2. The van der Waals surface area contributed by atoms with Crippen LogP contribution in [0.5, 0.6) is 0 Å². The predicted octanol–water partition coefficient (Wildman–Crippen LogP) is 3.02. The van der Waals surface area contributed by atoms with E-state index in [-0.39, 0.29) is 11.7 Å². The lowest BCUT2D eigenvalue weighted by molar-refractivity contribution is -0.116. The molecule has 0 aliphatic rings. The van der Waals surface area contributed by atoms with Crippen molar-refractivity contribution in [2.24, 2.45) is 12.1 Å². The average Bonchev–Trinajstić information content (AvgIpc) is 2.88. The van der Waals surface area contributed by atoms with Crippen molar-refractivity contribution in [2.75, 3.05) is 0 Å². The molecule has 0 saturated heterocycles. The monoisotopic (exact) mass is 327 g/mol. The van der Waals surface area contributed by atoms with Crippen LogP contribution in [-0.2, 0) is 11.8 Å². The van der Waals surface area contributed by atoms with Gasteiger partial charge in [0.2, 0.25) is 4.80 Å². The van der Waals surface area contributed by atoms with E-state index in [9.17, 15) is 9.18 Å². The number of thiazole rings is 1. The lowest BCUT2D eigenvalue weighted by Gasteiger charge is -1.96. The first-order valence-electron chi connectivity index (χ1n) is 6.95. The molecule has 0 unspecified atom stereocenters. The number of aryl methyl sites for hydroxylation is 1. The van der Waals surface area contributed by atoms with E-state index in [4.69, 9.17) is 0 Å². The molecular formula is C17H14FN3OS. The predicted molar refractivity (Wildman–Crippen MR) is 89.9 cm³/mol. The number of hydrogen-bond donors (Lipinski definition) is 1. The van der Waals surface area contributed by atoms with Crippen LogP contribution in [0.1, 0.15) is 5.56 Å². The molecule has 0 fully saturated rings. The van der Waals surface area contributed by atoms with Gasteiger partial charge in [-0.3, -0.25) is 4.79 Å². The number of nitrogens with one attached hydrogen (secondary N) is 1. The Morgan fingerprint density at radius 2 is 2.09 bits per heavy atom. The van der Waals surface area contributed by atoms with Gasteiger partial charge in [-0.1, -0.05) is 35.6 Å². The molecule has 1 aromatic heterocycles. The number of amides is 1. The van der Waals surface area contributed by atoms with Gasteiger partial charge < -0.3 is 4.57 Å². The van der Waals surface area contributed by atoms with Gasteiger partial charge in [0, 0.05) is 13.1 Å². The zero-order valence-electron chi connectivity index (χ0n) is 12.4. The van der Waals surface area contributed by atoms with Gasteiger partial charge in [-0.05, 0) is 35.9 Å². The first kappa shape index (κ1) is 15.2. The number of carbonyl (C=O) groups excluding carboxylic acids is 1. The molecule has 1 N–H and O–H groups in total. The molecule has 0 spiro atoms. The van der Waals surface area contributed by atoms with Crippen LogP contribution in [-0.4, -0.2) is 10.5 Å². The number of carbonyl (C=O) groups is 1. The average molecular weight is 327 g/mol. The number of halogens is 1. The summed E-state index contributed by atoms with van der Waals surface area (Å²) in [6.45, 7) is 0. The van der Waals surface area contributed by atoms with Crippen LogP contribution < -0.4 is 10.2 Å². The van der Waals surface area contributed by atoms with E-state index in [0.29, 0.717) is 10.4 Å². The van der Waals surface area contributed by atoms with Crippen molar-refractivity contribution in [3.63, 3.8) is 0 Å². The molecule has 1 amide bonds. The van der Waals surface area contributed by atoms with Gasteiger partial charge in [0.15, 0.2) is 0 Å². The maximum atomic E-state index is 13.1. The van der Waals surface area contributed by atoms with Crippen molar-refractivity contribution in [1.82, 2.24) is 9.99 Å². The van der Waals surface area contributed by atoms with Gasteiger partial charge in [-0.2, -0.15) is 0 Å². The Kier molecular flexibility index (Phi) is 4.34. The number of benzene rings is 2. The smallest absolute Gasteiger partial charge is 0.264 e. The number of fused-ring (bicyclic) bond motifs is 1. The Morgan fingerprint density at radius 1 is 1.26 bits per heavy atom. The van der Waals surface area contributed by atoms with Crippen LogP contribution in [0.4, 0.5) is 4.39 Å². The second-order valence-corrected chi connectivity index (χ2v) is 5.90. The van der Waals surface area contributed by atoms with Crippen LogP contribution in [0.15, 0.2) is 59.7 Å². The highest BCUT2D eigenvalue weighted by Crippen LogP contribution is 2.14. The van der Waals surface area contributed by atoms with Gasteiger partial charge in [0.25, 0.3) is 5.91 Å². The van der Waals surface area contributed by atoms with Crippen LogP contribution >= 0.6 is 11.3 Å². The summed E-state index contributed by atoms with van der Waals surface area (Å²) in [6.07, 6.45) is 2.87. The lowest BCUT2D eigenvalue weighted by Crippen LogP contribution is -2.21. The summed E-state index contributed by atoms with van der Waals surface area (Å²) in [5.41, 5.74) is 4.16. The van der Waals surface area contributed by atoms with E-state index in [2.05, 4.69) is 10.5 Å². The fraction of sp³-hybridized carbons (Fsp3) is 0.0588. The lowest BCUT2D eigenvalue weighted by atomic mass is 10.2. The molecule has 0 bridgehead atoms. The maximum absolute atomic E-state index is 13.1. The highest BCUT2D eigenvalue weighted by Gasteiger charge is 2.01. The highest BCUT2D eigenvalue weighted by atomic mass is 32.1. The van der Waals surface area contributed by atoms with Gasteiger partial charge in [-0.25, -0.2) is 9.82 Å². The fourth-order valence-corrected chi connectivity index (χ4v) is 3.09. The molecule has 0 aliphatic carbocycles. The number of hydrogen-bond acceptors (Lipinski definition) is 3. The van der Waals surface area contributed by atoms with Crippen molar-refractivity contribution in [3.05, 3.63) is 70.8 Å². The fourth-order valence-electron chi connectivity index (χ4n) is 2.11. The second-order valence-electron chi connectivity index (χ2n) is 4.89. The van der Waals surface area contributed by atoms with E-state index < -0.39 is 0 Å². The number of para-hydroxylation sites is 1. The molecule has 6 heteroatoms. The highest BCUT2D eigenvalue weighted by molar-refractivity contribution is 7.16. The van der Waals surface area contributed by atoms with E-state index >= 15 is 0 Å². The van der Waals surface area contributed by atoms with E-state index in [1.165, 1.54) is 29.5 Å². The van der Waals surface area contributed by atoms with E-state index in [1.807, 2.05) is 35.9 Å². The summed E-state index contributed by atoms with van der Waals surface area (Å²) in [5, 5.41) is 4.13. The number of rotatable bonds is 3. The Morgan fingerprint density at radius 3 is 2.87 bits per heavy atom. The minimum atomic E-state index is -0.369. The molecule has 3 rings (SSSR count). The molecule has 0 saturated carbocycles. The van der Waals surface area contributed by atoms with Crippen LogP contribution in [0.25, 0.3) is 16.3 Å². The quantitative estimate of drug-likeness (QED) is 0.583. The molecule has 2 aromatic carbocycles. The molecule has 0 aliphatic heterocycles. The largest absolute Gasteiger partial charge is 0.318 e. The third kappa shape index (κ3) is 3.54. The molecule has 0 atom stereocenters. The van der Waals surface area contributed by atoms with E-state index in [0.717, 1.165) is 10.2 Å². The molecule has 0 radical (unpaired) electrons. The number of nitrogens with zero attached hydrogens (tertiary/aromatic N) is 2. The van der Waals surface area contributed by atoms with E-state index in [1.54, 1.807) is 18.2 Å². The Balaban J connectivity index is 1.76. The molecular weight excluding hydrogens is 313 g/mol. The summed E-state index contributed by atoms with van der Waals surface area (Å²) in [5.74, 6) is -0.707. The van der Waals surface area contributed by atoms with Gasteiger partial charge in [0.05, 0.1) is 10.2 Å². The Hall–Kier alpha value is -2.73. The third-order valence-corrected chi connectivity index (χ3v) is 4.37. The maximum Gasteiger partial charge on any atom is 0.264 e.